The van der Waals surface area contributed by atoms with Gasteiger partial charge in [0.25, 0.3) is 0 Å². The third kappa shape index (κ3) is 2.50. The first-order valence-corrected chi connectivity index (χ1v) is 5.27. The van der Waals surface area contributed by atoms with Gasteiger partial charge in [0.15, 0.2) is 0 Å². The Labute approximate surface area is 98.8 Å². The maximum atomic E-state index is 11.2. The quantitative estimate of drug-likeness (QED) is 0.813. The average molecular weight is 231 g/mol. The number of ether oxygens (including phenoxy) is 1. The summed E-state index contributed by atoms with van der Waals surface area (Å²) in [7, 11) is 1.35. The fourth-order valence-electron chi connectivity index (χ4n) is 1.48. The molecule has 17 heavy (non-hydrogen) atoms. The summed E-state index contributed by atoms with van der Waals surface area (Å²) in [5.41, 5.74) is 1.61. The number of carbonyl (C=O) groups is 1. The summed E-state index contributed by atoms with van der Waals surface area (Å²) in [5.74, 6) is 0.224. The lowest BCUT2D eigenvalue weighted by Gasteiger charge is -2.11. The van der Waals surface area contributed by atoms with E-state index in [0.717, 1.165) is 11.0 Å². The highest BCUT2D eigenvalue weighted by Crippen LogP contribution is 2.12. The van der Waals surface area contributed by atoms with Gasteiger partial charge in [-0.2, -0.15) is 0 Å². The molecule has 0 radical (unpaired) electrons. The van der Waals surface area contributed by atoms with Crippen molar-refractivity contribution in [2.45, 2.75) is 13.0 Å². The van der Waals surface area contributed by atoms with E-state index in [-0.39, 0.29) is 5.97 Å². The van der Waals surface area contributed by atoms with E-state index in [0.29, 0.717) is 5.82 Å². The van der Waals surface area contributed by atoms with Crippen molar-refractivity contribution in [3.8, 4) is 0 Å². The van der Waals surface area contributed by atoms with Gasteiger partial charge in [-0.05, 0) is 19.1 Å². The van der Waals surface area contributed by atoms with Crippen LogP contribution in [0.3, 0.4) is 0 Å². The number of methoxy groups -OCH3 is 1. The lowest BCUT2D eigenvalue weighted by atomic mass is 10.3. The molecule has 0 saturated heterocycles. The first-order valence-electron chi connectivity index (χ1n) is 5.27. The highest BCUT2D eigenvalue weighted by atomic mass is 16.5. The number of anilines is 1. The summed E-state index contributed by atoms with van der Waals surface area (Å²) >= 11 is 0. The molecule has 0 aliphatic carbocycles. The maximum Gasteiger partial charge on any atom is 0.328 e. The van der Waals surface area contributed by atoms with Crippen molar-refractivity contribution in [2.24, 2.45) is 0 Å². The molecule has 0 amide bonds. The smallest absolute Gasteiger partial charge is 0.328 e. The summed E-state index contributed by atoms with van der Waals surface area (Å²) in [5, 5.41) is 2.94. The number of carbonyl (C=O) groups excluding carboxylic acids is 1. The first-order chi connectivity index (χ1) is 8.20. The number of esters is 1. The Morgan fingerprint density at radius 2 is 2.06 bits per heavy atom. The minimum absolute atomic E-state index is 0.333. The van der Waals surface area contributed by atoms with Crippen molar-refractivity contribution in [2.75, 3.05) is 12.4 Å². The van der Waals surface area contributed by atoms with Gasteiger partial charge in [0.1, 0.15) is 11.9 Å². The molecule has 2 rings (SSSR count). The topological polar surface area (TPSA) is 64.1 Å². The Morgan fingerprint density at radius 3 is 2.76 bits per heavy atom. The Morgan fingerprint density at radius 1 is 1.35 bits per heavy atom. The van der Waals surface area contributed by atoms with Crippen molar-refractivity contribution in [1.82, 2.24) is 9.97 Å². The van der Waals surface area contributed by atoms with Crippen LogP contribution in [-0.4, -0.2) is 29.1 Å². The molecule has 1 aromatic carbocycles. The van der Waals surface area contributed by atoms with Gasteiger partial charge in [0, 0.05) is 0 Å². The molecular formula is C12H13N3O2. The Kier molecular flexibility index (Phi) is 3.18. The normalized spacial score (nSPS) is 12.1. The van der Waals surface area contributed by atoms with Crippen molar-refractivity contribution in [1.29, 1.82) is 0 Å². The van der Waals surface area contributed by atoms with Crippen LogP contribution in [0.4, 0.5) is 5.82 Å². The molecule has 1 heterocycles. The number of nitrogens with one attached hydrogen (secondary N) is 1. The molecule has 1 atom stereocenters. The van der Waals surface area contributed by atoms with E-state index in [9.17, 15) is 4.79 Å². The molecule has 1 N–H and O–H groups in total. The second-order valence-corrected chi connectivity index (χ2v) is 3.63. The van der Waals surface area contributed by atoms with Crippen molar-refractivity contribution in [3.05, 3.63) is 30.5 Å². The van der Waals surface area contributed by atoms with E-state index in [2.05, 4.69) is 20.0 Å². The van der Waals surface area contributed by atoms with Gasteiger partial charge >= 0.3 is 5.97 Å². The number of nitrogens with zero attached hydrogens (tertiary/aromatic N) is 2. The zero-order valence-electron chi connectivity index (χ0n) is 9.68. The zero-order chi connectivity index (χ0) is 12.3. The third-order valence-electron chi connectivity index (χ3n) is 2.37. The number of para-hydroxylation sites is 2. The van der Waals surface area contributed by atoms with Gasteiger partial charge in [0.2, 0.25) is 0 Å². The molecule has 88 valence electrons. The largest absolute Gasteiger partial charge is 0.467 e. The van der Waals surface area contributed by atoms with Crippen LogP contribution in [0, 0.1) is 0 Å². The van der Waals surface area contributed by atoms with Gasteiger partial charge in [-0.1, -0.05) is 12.1 Å². The third-order valence-corrected chi connectivity index (χ3v) is 2.37. The fourth-order valence-corrected chi connectivity index (χ4v) is 1.48. The van der Waals surface area contributed by atoms with Gasteiger partial charge in [-0.25, -0.2) is 9.78 Å². The molecule has 0 bridgehead atoms. The van der Waals surface area contributed by atoms with Gasteiger partial charge in [-0.3, -0.25) is 4.98 Å². The first kappa shape index (κ1) is 11.3. The molecule has 5 nitrogen and oxygen atoms in total. The predicted molar refractivity (Wildman–Crippen MR) is 64.6 cm³/mol. The van der Waals surface area contributed by atoms with Crippen LogP contribution < -0.4 is 5.32 Å². The average Bonchev–Trinajstić information content (AvgIpc) is 2.37. The number of benzene rings is 1. The maximum absolute atomic E-state index is 11.2. The van der Waals surface area contributed by atoms with E-state index in [1.54, 1.807) is 13.1 Å². The van der Waals surface area contributed by atoms with Gasteiger partial charge in [-0.15, -0.1) is 0 Å². The Balaban J connectivity index is 2.22. The highest BCUT2D eigenvalue weighted by Gasteiger charge is 2.13. The zero-order valence-corrected chi connectivity index (χ0v) is 9.68. The second-order valence-electron chi connectivity index (χ2n) is 3.63. The van der Waals surface area contributed by atoms with Gasteiger partial charge < -0.3 is 10.1 Å². The van der Waals surface area contributed by atoms with Gasteiger partial charge in [0.05, 0.1) is 24.3 Å². The molecule has 1 aromatic heterocycles. The van der Waals surface area contributed by atoms with E-state index in [1.165, 1.54) is 7.11 Å². The van der Waals surface area contributed by atoms with E-state index in [1.807, 2.05) is 24.3 Å². The highest BCUT2D eigenvalue weighted by molar-refractivity contribution is 5.79. The number of hydrogen-bond donors (Lipinski definition) is 1. The number of hydrogen-bond acceptors (Lipinski definition) is 5. The van der Waals surface area contributed by atoms with Crippen LogP contribution in [0.5, 0.6) is 0 Å². The van der Waals surface area contributed by atoms with E-state index < -0.39 is 6.04 Å². The minimum Gasteiger partial charge on any atom is -0.467 e. The molecule has 5 heteroatoms. The lowest BCUT2D eigenvalue weighted by Crippen LogP contribution is -2.27. The number of aromatic nitrogens is 2. The summed E-state index contributed by atoms with van der Waals surface area (Å²) < 4.78 is 4.62. The van der Waals surface area contributed by atoms with Crippen LogP contribution in [0.1, 0.15) is 6.92 Å². The molecule has 2 aromatic rings. The van der Waals surface area contributed by atoms with Crippen LogP contribution >= 0.6 is 0 Å². The van der Waals surface area contributed by atoms with Crippen molar-refractivity contribution in [3.63, 3.8) is 0 Å². The second kappa shape index (κ2) is 4.78. The summed E-state index contributed by atoms with van der Waals surface area (Å²) in [6.07, 6.45) is 1.60. The standard InChI is InChI=1S/C12H13N3O2/c1-8(12(16)17-2)14-11-7-13-9-5-3-4-6-10(9)15-11/h3-8H,1-2H3,(H,14,15). The molecular weight excluding hydrogens is 218 g/mol. The monoisotopic (exact) mass is 231 g/mol. The van der Waals surface area contributed by atoms with Crippen LogP contribution in [0.25, 0.3) is 11.0 Å². The summed E-state index contributed by atoms with van der Waals surface area (Å²) in [6.45, 7) is 1.71. The SMILES string of the molecule is COC(=O)C(C)Nc1cnc2ccccc2n1. The Hall–Kier alpha value is -2.17. The van der Waals surface area contributed by atoms with Crippen LogP contribution in [0.2, 0.25) is 0 Å². The van der Waals surface area contributed by atoms with E-state index in [4.69, 9.17) is 0 Å². The Bertz CT molecular complexity index is 542. The molecule has 0 spiro atoms. The molecule has 1 unspecified atom stereocenters. The minimum atomic E-state index is -0.449. The van der Waals surface area contributed by atoms with Crippen molar-refractivity contribution >= 4 is 22.8 Å². The van der Waals surface area contributed by atoms with Crippen molar-refractivity contribution < 1.29 is 9.53 Å². The summed E-state index contributed by atoms with van der Waals surface area (Å²) in [6, 6.07) is 7.10. The predicted octanol–water partition coefficient (Wildman–Crippen LogP) is 1.60. The molecule has 0 aliphatic rings. The van der Waals surface area contributed by atoms with Crippen LogP contribution in [-0.2, 0) is 9.53 Å². The summed E-state index contributed by atoms with van der Waals surface area (Å²) in [4.78, 5) is 19.8. The number of rotatable bonds is 3. The molecule has 0 aliphatic heterocycles. The molecule has 0 saturated carbocycles. The molecule has 0 fully saturated rings. The van der Waals surface area contributed by atoms with E-state index >= 15 is 0 Å². The number of fused-ring (bicyclic) bond motifs is 1. The van der Waals surface area contributed by atoms with Crippen LogP contribution in [0.15, 0.2) is 30.5 Å². The lowest BCUT2D eigenvalue weighted by molar-refractivity contribution is -0.141. The fraction of sp³-hybridized carbons (Fsp3) is 0.250.